The van der Waals surface area contributed by atoms with E-state index in [0.29, 0.717) is 33.9 Å². The molecule has 0 unspecified atom stereocenters. The van der Waals surface area contributed by atoms with Crippen molar-refractivity contribution in [2.45, 2.75) is 23.6 Å². The number of phenolic OH excluding ortho intramolecular Hbond substituents is 1. The molecule has 0 aliphatic heterocycles. The molecule has 31 heavy (non-hydrogen) atoms. The number of hydrogen-bond acceptors (Lipinski definition) is 6. The van der Waals surface area contributed by atoms with E-state index in [4.69, 9.17) is 9.47 Å². The van der Waals surface area contributed by atoms with Crippen LogP contribution in [-0.4, -0.2) is 33.7 Å². The highest BCUT2D eigenvalue weighted by Crippen LogP contribution is 2.37. The third kappa shape index (κ3) is 4.34. The Balaban J connectivity index is 2.02. The van der Waals surface area contributed by atoms with Crippen LogP contribution in [0.1, 0.15) is 21.5 Å². The van der Waals surface area contributed by atoms with E-state index < -0.39 is 15.7 Å². The van der Waals surface area contributed by atoms with Crippen LogP contribution in [0.2, 0.25) is 0 Å². The Morgan fingerprint density at radius 1 is 0.871 bits per heavy atom. The number of rotatable bonds is 6. The van der Waals surface area contributed by atoms with Crippen molar-refractivity contribution in [1.29, 1.82) is 0 Å². The minimum Gasteiger partial charge on any atom is -0.506 e. The van der Waals surface area contributed by atoms with Gasteiger partial charge >= 0.3 is 0 Å². The number of phenols is 1. The van der Waals surface area contributed by atoms with Crippen molar-refractivity contribution in [2.75, 3.05) is 19.5 Å². The van der Waals surface area contributed by atoms with E-state index in [0.717, 1.165) is 0 Å². The van der Waals surface area contributed by atoms with Gasteiger partial charge < -0.3 is 19.9 Å². The first-order chi connectivity index (χ1) is 14.7. The van der Waals surface area contributed by atoms with Crippen LogP contribution in [0.15, 0.2) is 64.4 Å². The number of nitrogens with one attached hydrogen (secondary N) is 1. The van der Waals surface area contributed by atoms with Gasteiger partial charge in [0.1, 0.15) is 22.1 Å². The Labute approximate surface area is 181 Å². The monoisotopic (exact) mass is 441 g/mol. The van der Waals surface area contributed by atoms with E-state index in [1.807, 2.05) is 0 Å². The quantitative estimate of drug-likeness (QED) is 0.558. The minimum atomic E-state index is -4.04. The maximum atomic E-state index is 13.2. The number of benzene rings is 3. The summed E-state index contributed by atoms with van der Waals surface area (Å²) in [6.07, 6.45) is 0. The first-order valence-electron chi connectivity index (χ1n) is 9.36. The third-order valence-electron chi connectivity index (χ3n) is 5.09. The Hall–Kier alpha value is -3.52. The number of carbonyl (C=O) groups is 1. The molecule has 162 valence electrons. The molecule has 0 fully saturated rings. The molecule has 0 heterocycles. The van der Waals surface area contributed by atoms with Gasteiger partial charge in [-0.1, -0.05) is 0 Å². The number of hydrogen-bond donors (Lipinski definition) is 2. The van der Waals surface area contributed by atoms with Gasteiger partial charge in [0.15, 0.2) is 0 Å². The number of methoxy groups -OCH3 is 2. The highest BCUT2D eigenvalue weighted by molar-refractivity contribution is 7.91. The normalized spacial score (nSPS) is 11.1. The molecule has 3 rings (SSSR count). The number of amides is 1. The molecule has 1 amide bonds. The Morgan fingerprint density at radius 2 is 1.39 bits per heavy atom. The fourth-order valence-corrected chi connectivity index (χ4v) is 4.45. The van der Waals surface area contributed by atoms with Crippen molar-refractivity contribution in [3.8, 4) is 17.2 Å². The second-order valence-electron chi connectivity index (χ2n) is 6.88. The lowest BCUT2D eigenvalue weighted by Crippen LogP contribution is -2.14. The summed E-state index contributed by atoms with van der Waals surface area (Å²) in [5, 5.41) is 13.3. The topological polar surface area (TPSA) is 102 Å². The van der Waals surface area contributed by atoms with E-state index >= 15 is 0 Å². The van der Waals surface area contributed by atoms with E-state index in [1.165, 1.54) is 44.6 Å². The second kappa shape index (κ2) is 8.69. The first-order valence-corrected chi connectivity index (χ1v) is 10.8. The summed E-state index contributed by atoms with van der Waals surface area (Å²) in [6, 6.07) is 13.6. The molecule has 2 N–H and O–H groups in total. The van der Waals surface area contributed by atoms with E-state index in [1.54, 1.807) is 38.1 Å². The molecular weight excluding hydrogens is 418 g/mol. The van der Waals surface area contributed by atoms with Crippen LogP contribution in [0.25, 0.3) is 0 Å². The average Bonchev–Trinajstić information content (AvgIpc) is 2.79. The number of anilines is 1. The van der Waals surface area contributed by atoms with Crippen molar-refractivity contribution in [2.24, 2.45) is 0 Å². The minimum absolute atomic E-state index is 0.000663. The maximum Gasteiger partial charge on any atom is 0.255 e. The highest BCUT2D eigenvalue weighted by Gasteiger charge is 2.25. The Morgan fingerprint density at radius 3 is 1.90 bits per heavy atom. The lowest BCUT2D eigenvalue weighted by Gasteiger charge is -2.16. The fraction of sp³-hybridized carbons (Fsp3) is 0.174. The van der Waals surface area contributed by atoms with Gasteiger partial charge in [0, 0.05) is 11.3 Å². The van der Waals surface area contributed by atoms with Gasteiger partial charge in [-0.2, -0.15) is 0 Å². The molecule has 0 radical (unpaired) electrons. The fourth-order valence-electron chi connectivity index (χ4n) is 3.03. The summed E-state index contributed by atoms with van der Waals surface area (Å²) < 4.78 is 36.5. The van der Waals surface area contributed by atoms with Crippen molar-refractivity contribution < 1.29 is 27.8 Å². The van der Waals surface area contributed by atoms with Crippen LogP contribution in [0.3, 0.4) is 0 Å². The molecule has 7 nitrogen and oxygen atoms in total. The summed E-state index contributed by atoms with van der Waals surface area (Å²) in [7, 11) is -1.03. The van der Waals surface area contributed by atoms with Crippen molar-refractivity contribution in [3.05, 3.63) is 71.3 Å². The lowest BCUT2D eigenvalue weighted by molar-refractivity contribution is 0.102. The van der Waals surface area contributed by atoms with Crippen LogP contribution in [0.5, 0.6) is 17.2 Å². The van der Waals surface area contributed by atoms with Gasteiger partial charge in [0.05, 0.1) is 19.1 Å². The van der Waals surface area contributed by atoms with Gasteiger partial charge in [-0.15, -0.1) is 0 Å². The molecule has 0 saturated heterocycles. The first kappa shape index (κ1) is 22.2. The third-order valence-corrected chi connectivity index (χ3v) is 6.87. The molecule has 0 aliphatic carbocycles. The molecule has 8 heteroatoms. The maximum absolute atomic E-state index is 13.2. The molecule has 0 aromatic heterocycles. The van der Waals surface area contributed by atoms with Crippen molar-refractivity contribution in [1.82, 2.24) is 0 Å². The summed E-state index contributed by atoms with van der Waals surface area (Å²) in [6.45, 7) is 3.29. The van der Waals surface area contributed by atoms with E-state index in [9.17, 15) is 18.3 Å². The number of aromatic hydroxyl groups is 1. The largest absolute Gasteiger partial charge is 0.506 e. The molecule has 0 aliphatic rings. The summed E-state index contributed by atoms with van der Waals surface area (Å²) in [4.78, 5) is 12.4. The Bertz CT molecular complexity index is 1220. The van der Waals surface area contributed by atoms with Gasteiger partial charge in [-0.25, -0.2) is 8.42 Å². The van der Waals surface area contributed by atoms with Crippen LogP contribution in [0, 0.1) is 13.8 Å². The molecule has 3 aromatic rings. The molecular formula is C23H23NO6S. The zero-order valence-electron chi connectivity index (χ0n) is 17.6. The van der Waals surface area contributed by atoms with E-state index in [2.05, 4.69) is 5.32 Å². The number of sulfone groups is 1. The van der Waals surface area contributed by atoms with Gasteiger partial charge in [0.2, 0.25) is 9.84 Å². The molecule has 3 aromatic carbocycles. The van der Waals surface area contributed by atoms with Crippen molar-refractivity contribution in [3.63, 3.8) is 0 Å². The van der Waals surface area contributed by atoms with Crippen molar-refractivity contribution >= 4 is 21.4 Å². The zero-order valence-corrected chi connectivity index (χ0v) is 18.4. The van der Waals surface area contributed by atoms with Gasteiger partial charge in [-0.05, 0) is 79.6 Å². The predicted octanol–water partition coefficient (Wildman–Crippen LogP) is 4.11. The second-order valence-corrected chi connectivity index (χ2v) is 8.80. The Kier molecular flexibility index (Phi) is 6.21. The predicted molar refractivity (Wildman–Crippen MR) is 117 cm³/mol. The van der Waals surface area contributed by atoms with E-state index in [-0.39, 0.29) is 15.5 Å². The van der Waals surface area contributed by atoms with Crippen LogP contribution in [-0.2, 0) is 9.84 Å². The smallest absolute Gasteiger partial charge is 0.255 e. The molecule has 0 spiro atoms. The number of ether oxygens (including phenoxy) is 2. The SMILES string of the molecule is COc1ccc(C(=O)Nc2cc(S(=O)(=O)c3ccc(OC)cc3)c(O)c(C)c2C)cc1. The van der Waals surface area contributed by atoms with Crippen LogP contribution in [0.4, 0.5) is 5.69 Å². The average molecular weight is 442 g/mol. The number of carbonyl (C=O) groups excluding carboxylic acids is 1. The van der Waals surface area contributed by atoms with Crippen LogP contribution >= 0.6 is 0 Å². The highest BCUT2D eigenvalue weighted by atomic mass is 32.2. The molecule has 0 saturated carbocycles. The molecule has 0 bridgehead atoms. The molecule has 0 atom stereocenters. The standard InChI is InChI=1S/C23H23NO6S/c1-14-15(2)22(25)21(31(27,28)19-11-9-18(30-4)10-12-19)13-20(14)24-23(26)16-5-7-17(29-3)8-6-16/h5-13,25H,1-4H3,(H,24,26). The van der Waals surface area contributed by atoms with Crippen LogP contribution < -0.4 is 14.8 Å². The lowest BCUT2D eigenvalue weighted by atomic mass is 10.1. The summed E-state index contributed by atoms with van der Waals surface area (Å²) in [5.41, 5.74) is 1.60. The zero-order chi connectivity index (χ0) is 22.8. The summed E-state index contributed by atoms with van der Waals surface area (Å²) >= 11 is 0. The van der Waals surface area contributed by atoms with Gasteiger partial charge in [-0.3, -0.25) is 4.79 Å². The van der Waals surface area contributed by atoms with Gasteiger partial charge in [0.25, 0.3) is 5.91 Å². The summed E-state index contributed by atoms with van der Waals surface area (Å²) in [5.74, 6) is 0.358.